The molecule has 2 nitrogen and oxygen atoms in total. The molecule has 0 aromatic rings. The standard InChI is InChI=1S/C12H28N2/c1-5-6-7-8-9-10-11-14(13)12(2,3)4/h5-11,13H2,1-4H3. The summed E-state index contributed by atoms with van der Waals surface area (Å²) in [5.41, 5.74) is 0.115. The molecule has 86 valence electrons. The van der Waals surface area contributed by atoms with Crippen LogP contribution in [0.4, 0.5) is 0 Å². The van der Waals surface area contributed by atoms with Crippen LogP contribution in [-0.2, 0) is 0 Å². The maximum absolute atomic E-state index is 5.92. The van der Waals surface area contributed by atoms with E-state index in [1.54, 1.807) is 0 Å². The molecule has 0 saturated heterocycles. The van der Waals surface area contributed by atoms with E-state index in [9.17, 15) is 0 Å². The molecule has 2 N–H and O–H groups in total. The summed E-state index contributed by atoms with van der Waals surface area (Å²) in [6.07, 6.45) is 8.01. The van der Waals surface area contributed by atoms with Gasteiger partial charge in [0.1, 0.15) is 0 Å². The molecule has 14 heavy (non-hydrogen) atoms. The van der Waals surface area contributed by atoms with Gasteiger partial charge < -0.3 is 0 Å². The van der Waals surface area contributed by atoms with Gasteiger partial charge in [-0.05, 0) is 27.2 Å². The van der Waals surface area contributed by atoms with Crippen molar-refractivity contribution in [1.82, 2.24) is 5.01 Å². The van der Waals surface area contributed by atoms with Crippen LogP contribution < -0.4 is 5.84 Å². The number of hydrazine groups is 1. The van der Waals surface area contributed by atoms with Gasteiger partial charge >= 0.3 is 0 Å². The van der Waals surface area contributed by atoms with Gasteiger partial charge in [0, 0.05) is 12.1 Å². The molecule has 0 rings (SSSR count). The lowest BCUT2D eigenvalue weighted by Gasteiger charge is -2.31. The van der Waals surface area contributed by atoms with Gasteiger partial charge in [0.25, 0.3) is 0 Å². The third-order valence-electron chi connectivity index (χ3n) is 2.61. The molecule has 0 fully saturated rings. The van der Waals surface area contributed by atoms with E-state index >= 15 is 0 Å². The first-order valence-corrected chi connectivity index (χ1v) is 6.01. The van der Waals surface area contributed by atoms with Gasteiger partial charge in [-0.2, -0.15) is 0 Å². The number of nitrogens with two attached hydrogens (primary N) is 1. The Balaban J connectivity index is 3.28. The van der Waals surface area contributed by atoms with Crippen molar-refractivity contribution >= 4 is 0 Å². The molecule has 0 aliphatic rings. The van der Waals surface area contributed by atoms with Gasteiger partial charge in [-0.15, -0.1) is 0 Å². The summed E-state index contributed by atoms with van der Waals surface area (Å²) >= 11 is 0. The van der Waals surface area contributed by atoms with Crippen molar-refractivity contribution in [3.05, 3.63) is 0 Å². The number of rotatable bonds is 7. The van der Waals surface area contributed by atoms with E-state index in [1.165, 1.54) is 38.5 Å². The number of hydrogen-bond acceptors (Lipinski definition) is 2. The highest BCUT2D eigenvalue weighted by Crippen LogP contribution is 2.10. The monoisotopic (exact) mass is 200 g/mol. The first-order valence-electron chi connectivity index (χ1n) is 6.01. The van der Waals surface area contributed by atoms with E-state index in [2.05, 4.69) is 27.7 Å². The van der Waals surface area contributed by atoms with Crippen LogP contribution in [0.2, 0.25) is 0 Å². The van der Waals surface area contributed by atoms with E-state index < -0.39 is 0 Å². The van der Waals surface area contributed by atoms with Crippen molar-refractivity contribution in [2.75, 3.05) is 6.54 Å². The van der Waals surface area contributed by atoms with Gasteiger partial charge in [-0.25, -0.2) is 5.01 Å². The molecule has 0 aliphatic carbocycles. The van der Waals surface area contributed by atoms with Crippen molar-refractivity contribution in [3.63, 3.8) is 0 Å². The molecule has 0 spiro atoms. The van der Waals surface area contributed by atoms with Crippen LogP contribution in [0.3, 0.4) is 0 Å². The Hall–Kier alpha value is -0.0800. The van der Waals surface area contributed by atoms with Crippen LogP contribution in [0.25, 0.3) is 0 Å². The molecule has 0 heterocycles. The van der Waals surface area contributed by atoms with E-state index in [-0.39, 0.29) is 5.54 Å². The summed E-state index contributed by atoms with van der Waals surface area (Å²) in [4.78, 5) is 0. The molecule has 0 aromatic heterocycles. The average Bonchev–Trinajstić information content (AvgIpc) is 2.09. The molecule has 0 saturated carbocycles. The summed E-state index contributed by atoms with van der Waals surface area (Å²) in [5, 5.41) is 1.95. The second kappa shape index (κ2) is 7.24. The Morgan fingerprint density at radius 1 is 0.929 bits per heavy atom. The maximum atomic E-state index is 5.92. The van der Waals surface area contributed by atoms with Crippen LogP contribution in [0, 0.1) is 0 Å². The smallest absolute Gasteiger partial charge is 0.0267 e. The Kier molecular flexibility index (Phi) is 7.20. The predicted octanol–water partition coefficient (Wildman–Crippen LogP) is 3.32. The fraction of sp³-hybridized carbons (Fsp3) is 1.00. The first kappa shape index (κ1) is 13.9. The molecule has 0 aromatic carbocycles. The minimum absolute atomic E-state index is 0.115. The SMILES string of the molecule is CCCCCCCCN(N)C(C)(C)C. The minimum atomic E-state index is 0.115. The Morgan fingerprint density at radius 3 is 1.93 bits per heavy atom. The molecule has 0 atom stereocenters. The fourth-order valence-electron chi connectivity index (χ4n) is 1.40. The van der Waals surface area contributed by atoms with Crippen molar-refractivity contribution in [2.24, 2.45) is 5.84 Å². The lowest BCUT2D eigenvalue weighted by Crippen LogP contribution is -2.46. The molecule has 0 bridgehead atoms. The third kappa shape index (κ3) is 7.34. The lowest BCUT2D eigenvalue weighted by molar-refractivity contribution is 0.135. The summed E-state index contributed by atoms with van der Waals surface area (Å²) in [6.45, 7) is 9.75. The Labute approximate surface area is 89.8 Å². The van der Waals surface area contributed by atoms with E-state index in [1.807, 2.05) is 5.01 Å². The minimum Gasteiger partial charge on any atom is -0.268 e. The Morgan fingerprint density at radius 2 is 1.43 bits per heavy atom. The molecular formula is C12H28N2. The fourth-order valence-corrected chi connectivity index (χ4v) is 1.40. The van der Waals surface area contributed by atoms with Crippen molar-refractivity contribution in [2.45, 2.75) is 71.8 Å². The molecular weight excluding hydrogens is 172 g/mol. The molecule has 0 aliphatic heterocycles. The molecule has 2 heteroatoms. The van der Waals surface area contributed by atoms with Crippen molar-refractivity contribution in [1.29, 1.82) is 0 Å². The topological polar surface area (TPSA) is 29.3 Å². The molecule has 0 radical (unpaired) electrons. The van der Waals surface area contributed by atoms with Gasteiger partial charge in [-0.3, -0.25) is 5.84 Å². The van der Waals surface area contributed by atoms with Crippen LogP contribution in [0.5, 0.6) is 0 Å². The summed E-state index contributed by atoms with van der Waals surface area (Å²) in [5.74, 6) is 5.92. The highest BCUT2D eigenvalue weighted by Gasteiger charge is 2.16. The maximum Gasteiger partial charge on any atom is 0.0267 e. The summed E-state index contributed by atoms with van der Waals surface area (Å²) in [6, 6.07) is 0. The van der Waals surface area contributed by atoms with Gasteiger partial charge in [0.2, 0.25) is 0 Å². The highest BCUT2D eigenvalue weighted by atomic mass is 15.4. The normalized spacial score (nSPS) is 12.4. The number of unbranched alkanes of at least 4 members (excludes halogenated alkanes) is 5. The van der Waals surface area contributed by atoms with Crippen LogP contribution in [0.1, 0.15) is 66.2 Å². The number of nitrogens with zero attached hydrogens (tertiary/aromatic N) is 1. The van der Waals surface area contributed by atoms with Crippen LogP contribution >= 0.6 is 0 Å². The van der Waals surface area contributed by atoms with Crippen molar-refractivity contribution < 1.29 is 0 Å². The third-order valence-corrected chi connectivity index (χ3v) is 2.61. The van der Waals surface area contributed by atoms with E-state index in [0.717, 1.165) is 6.54 Å². The second-order valence-corrected chi connectivity index (χ2v) is 5.13. The zero-order valence-electron chi connectivity index (χ0n) is 10.5. The Bertz CT molecular complexity index is 127. The van der Waals surface area contributed by atoms with Gasteiger partial charge in [-0.1, -0.05) is 39.0 Å². The zero-order chi connectivity index (χ0) is 11.0. The van der Waals surface area contributed by atoms with Crippen LogP contribution in [0.15, 0.2) is 0 Å². The predicted molar refractivity (Wildman–Crippen MR) is 64.0 cm³/mol. The van der Waals surface area contributed by atoms with Gasteiger partial charge in [0.15, 0.2) is 0 Å². The molecule has 0 amide bonds. The number of hydrogen-bond donors (Lipinski definition) is 1. The van der Waals surface area contributed by atoms with Gasteiger partial charge in [0.05, 0.1) is 0 Å². The summed E-state index contributed by atoms with van der Waals surface area (Å²) in [7, 11) is 0. The van der Waals surface area contributed by atoms with Crippen LogP contribution in [-0.4, -0.2) is 17.1 Å². The highest BCUT2D eigenvalue weighted by molar-refractivity contribution is 4.70. The zero-order valence-corrected chi connectivity index (χ0v) is 10.5. The van der Waals surface area contributed by atoms with E-state index in [4.69, 9.17) is 5.84 Å². The second-order valence-electron chi connectivity index (χ2n) is 5.13. The first-order chi connectivity index (χ1) is 6.48. The lowest BCUT2D eigenvalue weighted by atomic mass is 10.1. The quantitative estimate of drug-likeness (QED) is 0.388. The summed E-state index contributed by atoms with van der Waals surface area (Å²) < 4.78 is 0. The largest absolute Gasteiger partial charge is 0.268 e. The van der Waals surface area contributed by atoms with E-state index in [0.29, 0.717) is 0 Å². The van der Waals surface area contributed by atoms with Crippen molar-refractivity contribution in [3.8, 4) is 0 Å². The molecule has 0 unspecified atom stereocenters. The average molecular weight is 200 g/mol.